The van der Waals surface area contributed by atoms with E-state index in [0.29, 0.717) is 0 Å². The second-order valence-electron chi connectivity index (χ2n) is 13.7. The van der Waals surface area contributed by atoms with Gasteiger partial charge in [-0.05, 0) is 75.0 Å². The molecule has 0 amide bonds. The molecule has 254 valence electrons. The van der Waals surface area contributed by atoms with Crippen molar-refractivity contribution in [1.82, 2.24) is 0 Å². The fourth-order valence-corrected chi connectivity index (χ4v) is 7.82. The average molecular weight is 690 g/mol. The Hall–Kier alpha value is -7.16. The molecule has 0 atom stereocenters. The number of furan rings is 1. The van der Waals surface area contributed by atoms with E-state index in [-0.39, 0.29) is 0 Å². The summed E-state index contributed by atoms with van der Waals surface area (Å²) in [5.41, 5.74) is 14.3. The van der Waals surface area contributed by atoms with Crippen LogP contribution in [-0.2, 0) is 0 Å². The first-order valence-electron chi connectivity index (χ1n) is 18.4. The zero-order valence-electron chi connectivity index (χ0n) is 29.6. The van der Waals surface area contributed by atoms with Gasteiger partial charge in [-0.2, -0.15) is 0 Å². The van der Waals surface area contributed by atoms with Gasteiger partial charge in [-0.25, -0.2) is 0 Å². The predicted molar refractivity (Wildman–Crippen MR) is 228 cm³/mol. The Balaban J connectivity index is 1.14. The molecule has 10 aromatic rings. The third kappa shape index (κ3) is 5.62. The van der Waals surface area contributed by atoms with Gasteiger partial charge in [0.05, 0.1) is 11.4 Å². The summed E-state index contributed by atoms with van der Waals surface area (Å²) in [6.45, 7) is 0. The summed E-state index contributed by atoms with van der Waals surface area (Å²) < 4.78 is 6.60. The van der Waals surface area contributed by atoms with Crippen molar-refractivity contribution < 1.29 is 4.42 Å². The lowest BCUT2D eigenvalue weighted by Gasteiger charge is -2.30. The lowest BCUT2D eigenvalue weighted by Crippen LogP contribution is -2.12. The highest BCUT2D eigenvalue weighted by Gasteiger charge is 2.22. The van der Waals surface area contributed by atoms with E-state index >= 15 is 0 Å². The fraction of sp³-hybridized carbons (Fsp3) is 0. The molecule has 0 saturated carbocycles. The van der Waals surface area contributed by atoms with E-state index in [1.54, 1.807) is 0 Å². The average Bonchev–Trinajstić information content (AvgIpc) is 3.64. The smallest absolute Gasteiger partial charge is 0.143 e. The van der Waals surface area contributed by atoms with Gasteiger partial charge in [-0.15, -0.1) is 0 Å². The number of benzene rings is 9. The highest BCUT2D eigenvalue weighted by molar-refractivity contribution is 6.11. The topological polar surface area (TPSA) is 16.4 Å². The Bertz CT molecular complexity index is 2920. The van der Waals surface area contributed by atoms with Crippen LogP contribution in [0, 0.1) is 0 Å². The maximum Gasteiger partial charge on any atom is 0.143 e. The van der Waals surface area contributed by atoms with Crippen LogP contribution in [0.5, 0.6) is 0 Å². The lowest BCUT2D eigenvalue weighted by molar-refractivity contribution is 0.670. The molecule has 2 nitrogen and oxygen atoms in total. The summed E-state index contributed by atoms with van der Waals surface area (Å²) in [6, 6.07) is 75.9. The number of hydrogen-bond donors (Lipinski definition) is 0. The number of rotatable bonds is 7. The molecule has 0 spiro atoms. The summed E-state index contributed by atoms with van der Waals surface area (Å²) in [6.07, 6.45) is 0. The minimum atomic E-state index is 0.892. The van der Waals surface area contributed by atoms with E-state index in [2.05, 4.69) is 205 Å². The third-order valence-corrected chi connectivity index (χ3v) is 10.5. The quantitative estimate of drug-likeness (QED) is 0.166. The van der Waals surface area contributed by atoms with Crippen LogP contribution in [0.4, 0.5) is 17.1 Å². The molecule has 1 aromatic heterocycles. The zero-order valence-corrected chi connectivity index (χ0v) is 29.6. The normalized spacial score (nSPS) is 11.3. The van der Waals surface area contributed by atoms with Crippen LogP contribution in [-0.4, -0.2) is 0 Å². The van der Waals surface area contributed by atoms with Gasteiger partial charge in [-0.3, -0.25) is 0 Å². The molecule has 0 radical (unpaired) electrons. The molecule has 0 N–H and O–H groups in total. The Morgan fingerprint density at radius 3 is 1.59 bits per heavy atom. The van der Waals surface area contributed by atoms with Crippen molar-refractivity contribution in [3.63, 3.8) is 0 Å². The summed E-state index contributed by atoms with van der Waals surface area (Å²) in [5, 5.41) is 4.68. The maximum atomic E-state index is 6.60. The van der Waals surface area contributed by atoms with Crippen molar-refractivity contribution in [2.75, 3.05) is 4.90 Å². The molecular formula is C52H35NO. The van der Waals surface area contributed by atoms with Crippen molar-refractivity contribution in [3.8, 4) is 44.5 Å². The van der Waals surface area contributed by atoms with Gasteiger partial charge < -0.3 is 9.32 Å². The second kappa shape index (κ2) is 13.4. The van der Waals surface area contributed by atoms with Crippen LogP contribution in [0.2, 0.25) is 0 Å². The SMILES string of the molecule is c1ccc(-c2ccc(-c3ccc(N(c4ccccc4-c4ccc5ccccc5c4)c4ccccc4-c4cccc5c4oc4ccccc45)cc3)cc2)cc1. The van der Waals surface area contributed by atoms with Gasteiger partial charge in [0.15, 0.2) is 0 Å². The first kappa shape index (κ1) is 31.6. The minimum Gasteiger partial charge on any atom is -0.455 e. The monoisotopic (exact) mass is 689 g/mol. The molecule has 2 heteroatoms. The third-order valence-electron chi connectivity index (χ3n) is 10.5. The Kier molecular flexibility index (Phi) is 7.85. The Labute approximate surface area is 314 Å². The fourth-order valence-electron chi connectivity index (χ4n) is 7.82. The molecule has 0 fully saturated rings. The van der Waals surface area contributed by atoms with Crippen molar-refractivity contribution in [1.29, 1.82) is 0 Å². The molecule has 9 aromatic carbocycles. The Morgan fingerprint density at radius 2 is 0.833 bits per heavy atom. The highest BCUT2D eigenvalue weighted by atomic mass is 16.3. The van der Waals surface area contributed by atoms with Crippen LogP contribution >= 0.6 is 0 Å². The van der Waals surface area contributed by atoms with Gasteiger partial charge >= 0.3 is 0 Å². The van der Waals surface area contributed by atoms with Gasteiger partial charge in [0.25, 0.3) is 0 Å². The molecule has 0 unspecified atom stereocenters. The number of nitrogens with zero attached hydrogens (tertiary/aromatic N) is 1. The van der Waals surface area contributed by atoms with E-state index in [9.17, 15) is 0 Å². The van der Waals surface area contributed by atoms with Crippen molar-refractivity contribution in [3.05, 3.63) is 212 Å². The van der Waals surface area contributed by atoms with E-state index in [1.165, 1.54) is 38.6 Å². The lowest BCUT2D eigenvalue weighted by atomic mass is 9.96. The predicted octanol–water partition coefficient (Wildman–Crippen LogP) is 14.9. The Morgan fingerprint density at radius 1 is 0.315 bits per heavy atom. The second-order valence-corrected chi connectivity index (χ2v) is 13.7. The molecule has 1 heterocycles. The highest BCUT2D eigenvalue weighted by Crippen LogP contribution is 2.47. The van der Waals surface area contributed by atoms with Crippen LogP contribution in [0.3, 0.4) is 0 Å². The van der Waals surface area contributed by atoms with Crippen LogP contribution < -0.4 is 4.90 Å². The van der Waals surface area contributed by atoms with E-state index in [0.717, 1.165) is 55.7 Å². The molecule has 54 heavy (non-hydrogen) atoms. The molecule has 0 saturated heterocycles. The van der Waals surface area contributed by atoms with E-state index in [1.807, 2.05) is 12.1 Å². The zero-order chi connectivity index (χ0) is 35.8. The van der Waals surface area contributed by atoms with E-state index in [4.69, 9.17) is 4.42 Å². The van der Waals surface area contributed by atoms with Crippen molar-refractivity contribution in [2.45, 2.75) is 0 Å². The summed E-state index contributed by atoms with van der Waals surface area (Å²) >= 11 is 0. The van der Waals surface area contributed by atoms with Gasteiger partial charge in [0.2, 0.25) is 0 Å². The first-order valence-corrected chi connectivity index (χ1v) is 18.4. The molecule has 0 aliphatic rings. The van der Waals surface area contributed by atoms with Crippen LogP contribution in [0.1, 0.15) is 0 Å². The number of para-hydroxylation sites is 4. The van der Waals surface area contributed by atoms with Crippen LogP contribution in [0.25, 0.3) is 77.2 Å². The summed E-state index contributed by atoms with van der Waals surface area (Å²) in [5.74, 6) is 0. The van der Waals surface area contributed by atoms with Crippen molar-refractivity contribution in [2.24, 2.45) is 0 Å². The summed E-state index contributed by atoms with van der Waals surface area (Å²) in [4.78, 5) is 2.41. The van der Waals surface area contributed by atoms with E-state index < -0.39 is 0 Å². The van der Waals surface area contributed by atoms with Gasteiger partial charge in [-0.1, -0.05) is 176 Å². The molecule has 0 bridgehead atoms. The van der Waals surface area contributed by atoms with Crippen LogP contribution in [0.15, 0.2) is 217 Å². The summed E-state index contributed by atoms with van der Waals surface area (Å²) in [7, 11) is 0. The number of fused-ring (bicyclic) bond motifs is 4. The standard InChI is InChI=1S/C52H35NO/c1-2-13-36(14-3-1)38-25-27-39(28-26-38)40-31-33-43(34-32-40)53(49-22-9-6-17-44(49)42-30-29-37-15-4-5-16-41(37)35-42)50-23-10-7-18-45(50)47-20-12-21-48-46-19-8-11-24-51(46)54-52(47)48/h1-35H. The number of hydrogen-bond acceptors (Lipinski definition) is 2. The van der Waals surface area contributed by atoms with Gasteiger partial charge in [0.1, 0.15) is 11.2 Å². The molecule has 0 aliphatic carbocycles. The van der Waals surface area contributed by atoms with Gasteiger partial charge in [0, 0.05) is 33.2 Å². The minimum absolute atomic E-state index is 0.892. The largest absolute Gasteiger partial charge is 0.455 e. The first-order chi connectivity index (χ1) is 26.8. The molecule has 0 aliphatic heterocycles. The number of anilines is 3. The maximum absolute atomic E-state index is 6.60. The van der Waals surface area contributed by atoms with Crippen molar-refractivity contribution >= 4 is 49.8 Å². The molecule has 10 rings (SSSR count). The molecular weight excluding hydrogens is 655 g/mol.